The second-order valence-corrected chi connectivity index (χ2v) is 3.90. The lowest BCUT2D eigenvalue weighted by Gasteiger charge is -2.11. The SMILES string of the molecule is COC(=O)Cc1ccccc1Nc1ccccc1. The zero-order valence-electron chi connectivity index (χ0n) is 10.2. The van der Waals surface area contributed by atoms with Crippen LogP contribution in [0.4, 0.5) is 11.4 Å². The van der Waals surface area contributed by atoms with Gasteiger partial charge in [-0.1, -0.05) is 36.4 Å². The molecule has 0 aliphatic carbocycles. The van der Waals surface area contributed by atoms with Gasteiger partial charge >= 0.3 is 5.97 Å². The third-order valence-electron chi connectivity index (χ3n) is 2.63. The van der Waals surface area contributed by atoms with Crippen molar-refractivity contribution in [3.8, 4) is 0 Å². The Balaban J connectivity index is 2.20. The van der Waals surface area contributed by atoms with Gasteiger partial charge in [-0.25, -0.2) is 0 Å². The van der Waals surface area contributed by atoms with E-state index < -0.39 is 0 Å². The number of ether oxygens (including phenoxy) is 1. The van der Waals surface area contributed by atoms with Crippen LogP contribution in [0.25, 0.3) is 0 Å². The zero-order chi connectivity index (χ0) is 12.8. The van der Waals surface area contributed by atoms with Crippen molar-refractivity contribution in [1.82, 2.24) is 0 Å². The average molecular weight is 241 g/mol. The lowest BCUT2D eigenvalue weighted by molar-refractivity contribution is -0.139. The summed E-state index contributed by atoms with van der Waals surface area (Å²) in [4.78, 5) is 11.3. The summed E-state index contributed by atoms with van der Waals surface area (Å²) in [5.41, 5.74) is 2.84. The van der Waals surface area contributed by atoms with E-state index in [0.29, 0.717) is 0 Å². The highest BCUT2D eigenvalue weighted by Gasteiger charge is 2.07. The second kappa shape index (κ2) is 5.87. The lowest BCUT2D eigenvalue weighted by atomic mass is 10.1. The van der Waals surface area contributed by atoms with Gasteiger partial charge in [-0.05, 0) is 23.8 Å². The predicted molar refractivity (Wildman–Crippen MR) is 71.9 cm³/mol. The Labute approximate surface area is 106 Å². The van der Waals surface area contributed by atoms with Crippen LogP contribution in [0.1, 0.15) is 5.56 Å². The topological polar surface area (TPSA) is 38.3 Å². The molecule has 18 heavy (non-hydrogen) atoms. The summed E-state index contributed by atoms with van der Waals surface area (Å²) in [6.45, 7) is 0. The van der Waals surface area contributed by atoms with Gasteiger partial charge in [0.1, 0.15) is 0 Å². The minimum Gasteiger partial charge on any atom is -0.469 e. The van der Waals surface area contributed by atoms with Gasteiger partial charge in [0, 0.05) is 11.4 Å². The van der Waals surface area contributed by atoms with Crippen LogP contribution >= 0.6 is 0 Å². The number of rotatable bonds is 4. The maximum absolute atomic E-state index is 11.3. The zero-order valence-corrected chi connectivity index (χ0v) is 10.2. The molecular weight excluding hydrogens is 226 g/mol. The highest BCUT2D eigenvalue weighted by molar-refractivity contribution is 5.76. The van der Waals surface area contributed by atoms with Gasteiger partial charge in [-0.15, -0.1) is 0 Å². The van der Waals surface area contributed by atoms with Crippen molar-refractivity contribution in [3.63, 3.8) is 0 Å². The first-order valence-corrected chi connectivity index (χ1v) is 5.76. The molecule has 3 heteroatoms. The fraction of sp³-hybridized carbons (Fsp3) is 0.133. The molecule has 0 heterocycles. The Morgan fingerprint density at radius 1 is 1.06 bits per heavy atom. The van der Waals surface area contributed by atoms with Crippen LogP contribution in [0.2, 0.25) is 0 Å². The summed E-state index contributed by atoms with van der Waals surface area (Å²) >= 11 is 0. The van der Waals surface area contributed by atoms with Crippen molar-refractivity contribution < 1.29 is 9.53 Å². The molecular formula is C15H15NO2. The summed E-state index contributed by atoms with van der Waals surface area (Å²) < 4.78 is 4.69. The van der Waals surface area contributed by atoms with Gasteiger partial charge in [-0.2, -0.15) is 0 Å². The van der Waals surface area contributed by atoms with Gasteiger partial charge in [0.15, 0.2) is 0 Å². The third-order valence-corrected chi connectivity index (χ3v) is 2.63. The Bertz CT molecular complexity index is 523. The molecule has 0 unspecified atom stereocenters. The van der Waals surface area contributed by atoms with Crippen molar-refractivity contribution in [3.05, 3.63) is 60.2 Å². The number of para-hydroxylation sites is 2. The Morgan fingerprint density at radius 2 is 1.72 bits per heavy atom. The molecule has 0 aliphatic rings. The van der Waals surface area contributed by atoms with Crippen molar-refractivity contribution >= 4 is 17.3 Å². The van der Waals surface area contributed by atoms with E-state index in [1.54, 1.807) is 0 Å². The van der Waals surface area contributed by atoms with Crippen molar-refractivity contribution in [1.29, 1.82) is 0 Å². The largest absolute Gasteiger partial charge is 0.469 e. The molecule has 0 aromatic heterocycles. The normalized spacial score (nSPS) is 9.83. The van der Waals surface area contributed by atoms with Crippen LogP contribution in [-0.4, -0.2) is 13.1 Å². The number of anilines is 2. The van der Waals surface area contributed by atoms with Gasteiger partial charge < -0.3 is 10.1 Å². The highest BCUT2D eigenvalue weighted by Crippen LogP contribution is 2.21. The fourth-order valence-electron chi connectivity index (χ4n) is 1.70. The molecule has 2 aromatic rings. The maximum Gasteiger partial charge on any atom is 0.310 e. The molecule has 92 valence electrons. The molecule has 2 aromatic carbocycles. The van der Waals surface area contributed by atoms with Gasteiger partial charge in [-0.3, -0.25) is 4.79 Å². The average Bonchev–Trinajstić information content (AvgIpc) is 2.42. The van der Waals surface area contributed by atoms with Crippen LogP contribution in [0, 0.1) is 0 Å². The molecule has 0 spiro atoms. The molecule has 3 nitrogen and oxygen atoms in total. The van der Waals surface area contributed by atoms with Gasteiger partial charge in [0.05, 0.1) is 13.5 Å². The first-order valence-electron chi connectivity index (χ1n) is 5.76. The Morgan fingerprint density at radius 3 is 2.44 bits per heavy atom. The molecule has 0 saturated carbocycles. The van der Waals surface area contributed by atoms with E-state index in [-0.39, 0.29) is 12.4 Å². The molecule has 0 radical (unpaired) electrons. The third kappa shape index (κ3) is 3.10. The highest BCUT2D eigenvalue weighted by atomic mass is 16.5. The van der Waals surface area contributed by atoms with E-state index in [0.717, 1.165) is 16.9 Å². The number of benzene rings is 2. The summed E-state index contributed by atoms with van der Waals surface area (Å²) in [6, 6.07) is 17.6. The number of hydrogen-bond acceptors (Lipinski definition) is 3. The predicted octanol–water partition coefficient (Wildman–Crippen LogP) is 3.15. The van der Waals surface area contributed by atoms with Crippen LogP contribution in [0.3, 0.4) is 0 Å². The Hall–Kier alpha value is -2.29. The number of methoxy groups -OCH3 is 1. The summed E-state index contributed by atoms with van der Waals surface area (Å²) in [5.74, 6) is -0.239. The van der Waals surface area contributed by atoms with E-state index in [1.165, 1.54) is 7.11 Å². The van der Waals surface area contributed by atoms with Crippen LogP contribution < -0.4 is 5.32 Å². The van der Waals surface area contributed by atoms with Crippen molar-refractivity contribution in [2.45, 2.75) is 6.42 Å². The van der Waals surface area contributed by atoms with E-state index in [9.17, 15) is 4.79 Å². The fourth-order valence-corrected chi connectivity index (χ4v) is 1.70. The monoisotopic (exact) mass is 241 g/mol. The summed E-state index contributed by atoms with van der Waals surface area (Å²) in [6.07, 6.45) is 0.270. The van der Waals surface area contributed by atoms with E-state index in [2.05, 4.69) is 5.32 Å². The quantitative estimate of drug-likeness (QED) is 0.836. The minimum absolute atomic E-state index is 0.239. The van der Waals surface area contributed by atoms with Crippen molar-refractivity contribution in [2.75, 3.05) is 12.4 Å². The summed E-state index contributed by atoms with van der Waals surface area (Å²) in [7, 11) is 1.40. The number of carbonyl (C=O) groups is 1. The maximum atomic E-state index is 11.3. The molecule has 0 amide bonds. The number of carbonyl (C=O) groups excluding carboxylic acids is 1. The second-order valence-electron chi connectivity index (χ2n) is 3.90. The molecule has 0 aliphatic heterocycles. The van der Waals surface area contributed by atoms with E-state index >= 15 is 0 Å². The van der Waals surface area contributed by atoms with Crippen LogP contribution in [0.5, 0.6) is 0 Å². The van der Waals surface area contributed by atoms with Crippen molar-refractivity contribution in [2.24, 2.45) is 0 Å². The molecule has 1 N–H and O–H groups in total. The lowest BCUT2D eigenvalue weighted by Crippen LogP contribution is -2.06. The molecule has 2 rings (SSSR count). The van der Waals surface area contributed by atoms with E-state index in [1.807, 2.05) is 54.6 Å². The molecule has 0 fully saturated rings. The Kier molecular flexibility index (Phi) is 3.97. The van der Waals surface area contributed by atoms with E-state index in [4.69, 9.17) is 4.74 Å². The number of hydrogen-bond donors (Lipinski definition) is 1. The van der Waals surface area contributed by atoms with Gasteiger partial charge in [0.2, 0.25) is 0 Å². The van der Waals surface area contributed by atoms with Crippen LogP contribution in [-0.2, 0) is 16.0 Å². The van der Waals surface area contributed by atoms with Crippen LogP contribution in [0.15, 0.2) is 54.6 Å². The number of nitrogens with one attached hydrogen (secondary N) is 1. The standard InChI is InChI=1S/C15H15NO2/c1-18-15(17)11-12-7-5-6-10-14(12)16-13-8-3-2-4-9-13/h2-10,16H,11H2,1H3. The smallest absolute Gasteiger partial charge is 0.310 e. The first kappa shape index (κ1) is 12.2. The molecule has 0 saturated heterocycles. The number of esters is 1. The molecule has 0 bridgehead atoms. The minimum atomic E-state index is -0.239. The molecule has 0 atom stereocenters. The van der Waals surface area contributed by atoms with Gasteiger partial charge in [0.25, 0.3) is 0 Å². The summed E-state index contributed by atoms with van der Waals surface area (Å²) in [5, 5.41) is 3.29. The first-order chi connectivity index (χ1) is 8.79.